The summed E-state index contributed by atoms with van der Waals surface area (Å²) in [6.07, 6.45) is 1.29. The number of ether oxygens (including phenoxy) is 1. The van der Waals surface area contributed by atoms with Gasteiger partial charge in [0.1, 0.15) is 11.6 Å². The summed E-state index contributed by atoms with van der Waals surface area (Å²) < 4.78 is 18.5. The molecular formula is C14H18FNO3. The van der Waals surface area contributed by atoms with Gasteiger partial charge in [-0.15, -0.1) is 0 Å². The third-order valence-electron chi connectivity index (χ3n) is 3.26. The molecule has 1 aromatic carbocycles. The fourth-order valence-corrected chi connectivity index (χ4v) is 1.89. The molecule has 1 atom stereocenters. The molecule has 1 N–H and O–H groups in total. The first-order valence-corrected chi connectivity index (χ1v) is 6.35. The van der Waals surface area contributed by atoms with Crippen LogP contribution in [0.1, 0.15) is 31.4 Å². The van der Waals surface area contributed by atoms with E-state index in [0.29, 0.717) is 11.6 Å². The number of hydrogen-bond donors (Lipinski definition) is 1. The highest BCUT2D eigenvalue weighted by molar-refractivity contribution is 5.78. The molecule has 1 amide bonds. The normalized spacial score (nSPS) is 16.0. The van der Waals surface area contributed by atoms with Crippen molar-refractivity contribution in [1.82, 2.24) is 4.90 Å². The first-order chi connectivity index (χ1) is 8.99. The summed E-state index contributed by atoms with van der Waals surface area (Å²) in [5.74, 6) is -0.377. The van der Waals surface area contributed by atoms with Crippen LogP contribution in [0.5, 0.6) is 5.75 Å². The number of aliphatic hydroxyl groups excluding tert-OH is 1. The molecule has 0 bridgehead atoms. The fraction of sp³-hybridized carbons (Fsp3) is 0.500. The van der Waals surface area contributed by atoms with Gasteiger partial charge in [0.2, 0.25) is 0 Å². The van der Waals surface area contributed by atoms with Crippen molar-refractivity contribution in [3.8, 4) is 5.75 Å². The van der Waals surface area contributed by atoms with Crippen LogP contribution in [0, 0.1) is 5.82 Å². The van der Waals surface area contributed by atoms with E-state index in [-0.39, 0.29) is 18.3 Å². The van der Waals surface area contributed by atoms with Crippen molar-refractivity contribution >= 4 is 5.91 Å². The topological polar surface area (TPSA) is 49.8 Å². The molecule has 0 aliphatic heterocycles. The maximum absolute atomic E-state index is 13.2. The van der Waals surface area contributed by atoms with Crippen LogP contribution in [0.4, 0.5) is 4.39 Å². The molecule has 104 valence electrons. The summed E-state index contributed by atoms with van der Waals surface area (Å²) in [5, 5.41) is 9.57. The van der Waals surface area contributed by atoms with Crippen LogP contribution in [0.15, 0.2) is 18.2 Å². The second kappa shape index (κ2) is 5.57. The Hall–Kier alpha value is -1.62. The average Bonchev–Trinajstić information content (AvgIpc) is 3.18. The van der Waals surface area contributed by atoms with Crippen LogP contribution in [0.3, 0.4) is 0 Å². The van der Waals surface area contributed by atoms with Crippen molar-refractivity contribution in [1.29, 1.82) is 0 Å². The number of likely N-dealkylation sites (N-methyl/N-ethyl adjacent to an activating group) is 1. The van der Waals surface area contributed by atoms with E-state index in [0.717, 1.165) is 12.8 Å². The predicted molar refractivity (Wildman–Crippen MR) is 68.3 cm³/mol. The zero-order chi connectivity index (χ0) is 14.0. The largest absolute Gasteiger partial charge is 0.483 e. The van der Waals surface area contributed by atoms with Gasteiger partial charge in [-0.05, 0) is 31.9 Å². The van der Waals surface area contributed by atoms with Crippen LogP contribution >= 0.6 is 0 Å². The molecule has 1 aromatic rings. The van der Waals surface area contributed by atoms with Crippen molar-refractivity contribution < 1.29 is 19.0 Å². The molecule has 19 heavy (non-hydrogen) atoms. The lowest BCUT2D eigenvalue weighted by Gasteiger charge is -2.18. The molecule has 1 aliphatic rings. The first-order valence-electron chi connectivity index (χ1n) is 6.35. The highest BCUT2D eigenvalue weighted by atomic mass is 19.1. The number of hydrogen-bond acceptors (Lipinski definition) is 3. The van der Waals surface area contributed by atoms with Crippen molar-refractivity contribution in [2.24, 2.45) is 0 Å². The van der Waals surface area contributed by atoms with Gasteiger partial charge in [-0.25, -0.2) is 4.39 Å². The summed E-state index contributed by atoms with van der Waals surface area (Å²) in [6, 6.07) is 4.23. The zero-order valence-corrected chi connectivity index (χ0v) is 11.1. The van der Waals surface area contributed by atoms with Gasteiger partial charge in [0.15, 0.2) is 6.61 Å². The monoisotopic (exact) mass is 267 g/mol. The fourth-order valence-electron chi connectivity index (χ4n) is 1.89. The molecule has 0 aromatic heterocycles. The van der Waals surface area contributed by atoms with Crippen molar-refractivity contribution in [2.75, 3.05) is 13.7 Å². The van der Waals surface area contributed by atoms with Gasteiger partial charge in [0.25, 0.3) is 5.91 Å². The molecule has 0 unspecified atom stereocenters. The lowest BCUT2D eigenvalue weighted by Crippen LogP contribution is -2.33. The van der Waals surface area contributed by atoms with Gasteiger partial charge in [0.05, 0.1) is 6.10 Å². The number of halogens is 1. The standard InChI is InChI=1S/C14H18FNO3/c1-9(17)12-6-3-10(15)7-13(12)19-8-14(18)16(2)11-4-5-11/h3,6-7,9,11,17H,4-5,8H2,1-2H3/t9-/m0/s1. The Bertz CT molecular complexity index is 472. The molecule has 0 saturated heterocycles. The minimum Gasteiger partial charge on any atom is -0.483 e. The van der Waals surface area contributed by atoms with Crippen LogP contribution in [-0.2, 0) is 4.79 Å². The van der Waals surface area contributed by atoms with Crippen LogP contribution in [0.25, 0.3) is 0 Å². The van der Waals surface area contributed by atoms with Gasteiger partial charge < -0.3 is 14.7 Å². The number of benzene rings is 1. The number of carbonyl (C=O) groups is 1. The Labute approximate surface area is 111 Å². The van der Waals surface area contributed by atoms with E-state index in [1.54, 1.807) is 18.9 Å². The Balaban J connectivity index is 2.01. The lowest BCUT2D eigenvalue weighted by atomic mass is 10.1. The molecule has 0 radical (unpaired) electrons. The number of nitrogens with zero attached hydrogens (tertiary/aromatic N) is 1. The minimum absolute atomic E-state index is 0.136. The molecule has 1 saturated carbocycles. The third-order valence-corrected chi connectivity index (χ3v) is 3.26. The highest BCUT2D eigenvalue weighted by Crippen LogP contribution is 2.27. The van der Waals surface area contributed by atoms with E-state index in [1.807, 2.05) is 0 Å². The van der Waals surface area contributed by atoms with Crippen molar-refractivity contribution in [2.45, 2.75) is 31.9 Å². The minimum atomic E-state index is -0.771. The lowest BCUT2D eigenvalue weighted by molar-refractivity contribution is -0.132. The molecule has 2 rings (SSSR count). The maximum atomic E-state index is 13.2. The van der Waals surface area contributed by atoms with Gasteiger partial charge in [-0.1, -0.05) is 0 Å². The van der Waals surface area contributed by atoms with Crippen LogP contribution in [-0.4, -0.2) is 35.6 Å². The van der Waals surface area contributed by atoms with E-state index in [2.05, 4.69) is 0 Å². The van der Waals surface area contributed by atoms with E-state index >= 15 is 0 Å². The summed E-state index contributed by atoms with van der Waals surface area (Å²) in [6.45, 7) is 1.43. The van der Waals surface area contributed by atoms with E-state index in [4.69, 9.17) is 4.74 Å². The van der Waals surface area contributed by atoms with Crippen LogP contribution in [0.2, 0.25) is 0 Å². The highest BCUT2D eigenvalue weighted by Gasteiger charge is 2.29. The molecular weight excluding hydrogens is 249 g/mol. The number of amides is 1. The SMILES string of the molecule is C[C@H](O)c1ccc(F)cc1OCC(=O)N(C)C1CC1. The van der Waals surface area contributed by atoms with Crippen LogP contribution < -0.4 is 4.74 Å². The van der Waals surface area contributed by atoms with Gasteiger partial charge in [-0.2, -0.15) is 0 Å². The Kier molecular flexibility index (Phi) is 4.04. The Morgan fingerprint density at radius 1 is 1.58 bits per heavy atom. The maximum Gasteiger partial charge on any atom is 0.260 e. The molecule has 4 nitrogen and oxygen atoms in total. The molecule has 1 aliphatic carbocycles. The molecule has 5 heteroatoms. The number of rotatable bonds is 5. The first kappa shape index (κ1) is 13.8. The van der Waals surface area contributed by atoms with Gasteiger partial charge in [-0.3, -0.25) is 4.79 Å². The summed E-state index contributed by atoms with van der Waals surface area (Å²) >= 11 is 0. The third kappa shape index (κ3) is 3.44. The number of aliphatic hydroxyl groups is 1. The smallest absolute Gasteiger partial charge is 0.260 e. The second-order valence-corrected chi connectivity index (χ2v) is 4.88. The average molecular weight is 267 g/mol. The molecule has 0 spiro atoms. The number of carbonyl (C=O) groups excluding carboxylic acids is 1. The summed E-state index contributed by atoms with van der Waals surface area (Å²) in [5.41, 5.74) is 0.475. The van der Waals surface area contributed by atoms with Crippen molar-refractivity contribution in [3.05, 3.63) is 29.6 Å². The molecule has 1 fully saturated rings. The second-order valence-electron chi connectivity index (χ2n) is 4.88. The summed E-state index contributed by atoms with van der Waals surface area (Å²) in [4.78, 5) is 13.5. The van der Waals surface area contributed by atoms with E-state index in [9.17, 15) is 14.3 Å². The summed E-state index contributed by atoms with van der Waals surface area (Å²) in [7, 11) is 1.74. The molecule has 0 heterocycles. The Morgan fingerprint density at radius 2 is 2.26 bits per heavy atom. The van der Waals surface area contributed by atoms with Crippen molar-refractivity contribution in [3.63, 3.8) is 0 Å². The zero-order valence-electron chi connectivity index (χ0n) is 11.1. The quantitative estimate of drug-likeness (QED) is 0.886. The van der Waals surface area contributed by atoms with Gasteiger partial charge >= 0.3 is 0 Å². The van der Waals surface area contributed by atoms with Gasteiger partial charge in [0, 0.05) is 24.7 Å². The van der Waals surface area contributed by atoms with E-state index < -0.39 is 11.9 Å². The predicted octanol–water partition coefficient (Wildman–Crippen LogP) is 1.88. The van der Waals surface area contributed by atoms with E-state index in [1.165, 1.54) is 18.2 Å². The Morgan fingerprint density at radius 3 is 2.84 bits per heavy atom.